The summed E-state index contributed by atoms with van der Waals surface area (Å²) in [5.41, 5.74) is 5.01. The van der Waals surface area contributed by atoms with Gasteiger partial charge in [0.15, 0.2) is 0 Å². The van der Waals surface area contributed by atoms with Crippen molar-refractivity contribution in [1.29, 1.82) is 0 Å². The molecule has 1 aliphatic rings. The Morgan fingerprint density at radius 3 is 2.38 bits per heavy atom. The average molecular weight is 372 g/mol. The number of hydrogen-bond donors (Lipinski definition) is 3. The Labute approximate surface area is 150 Å². The van der Waals surface area contributed by atoms with E-state index in [2.05, 4.69) is 16.2 Å². The van der Waals surface area contributed by atoms with Gasteiger partial charge in [-0.15, -0.1) is 0 Å². The summed E-state index contributed by atoms with van der Waals surface area (Å²) in [7, 11) is 0. The number of hydrogen-bond acceptors (Lipinski definition) is 3. The predicted octanol–water partition coefficient (Wildman–Crippen LogP) is 2.45. The summed E-state index contributed by atoms with van der Waals surface area (Å²) in [4.78, 5) is 35.5. The van der Waals surface area contributed by atoms with Gasteiger partial charge in [0.25, 0.3) is 11.8 Å². The van der Waals surface area contributed by atoms with Gasteiger partial charge in [-0.2, -0.15) is 0 Å². The molecule has 2 rings (SSSR count). The van der Waals surface area contributed by atoms with Gasteiger partial charge in [0.2, 0.25) is 5.91 Å². The van der Waals surface area contributed by atoms with Crippen LogP contribution in [0.1, 0.15) is 42.5 Å². The molecule has 6 nitrogen and oxygen atoms in total. The van der Waals surface area contributed by atoms with E-state index in [9.17, 15) is 14.4 Å². The van der Waals surface area contributed by atoms with Gasteiger partial charge in [-0.3, -0.25) is 25.2 Å². The number of carbonyl (C=O) groups is 3. The second kappa shape index (κ2) is 8.89. The standard InChI is InChI=1S/C16H19Cl2N3O3/c17-12-7-6-11(8-13(12)18)15(23)19-9-14(22)20-21-16(24)10-4-2-1-3-5-10/h6-8,10H,1-5,9H2,(H,19,23)(H,20,22)(H,21,24). The molecule has 0 radical (unpaired) electrons. The van der Waals surface area contributed by atoms with Crippen molar-refractivity contribution in [3.05, 3.63) is 33.8 Å². The fraction of sp³-hybridized carbons (Fsp3) is 0.438. The zero-order valence-corrected chi connectivity index (χ0v) is 14.5. The van der Waals surface area contributed by atoms with E-state index >= 15 is 0 Å². The van der Waals surface area contributed by atoms with E-state index in [0.717, 1.165) is 32.1 Å². The lowest BCUT2D eigenvalue weighted by Gasteiger charge is -2.20. The SMILES string of the molecule is O=C(CNC(=O)c1ccc(Cl)c(Cl)c1)NNC(=O)C1CCCCC1. The van der Waals surface area contributed by atoms with Crippen LogP contribution in [0.4, 0.5) is 0 Å². The van der Waals surface area contributed by atoms with Crippen LogP contribution in [0.3, 0.4) is 0 Å². The number of nitrogens with one attached hydrogen (secondary N) is 3. The molecule has 0 aromatic heterocycles. The first-order chi connectivity index (χ1) is 11.5. The van der Waals surface area contributed by atoms with Gasteiger partial charge in [-0.1, -0.05) is 42.5 Å². The quantitative estimate of drug-likeness (QED) is 0.710. The number of amides is 3. The maximum absolute atomic E-state index is 11.9. The number of benzene rings is 1. The number of hydrazine groups is 1. The fourth-order valence-electron chi connectivity index (χ4n) is 2.54. The van der Waals surface area contributed by atoms with Gasteiger partial charge in [-0.05, 0) is 31.0 Å². The van der Waals surface area contributed by atoms with Crippen LogP contribution in [-0.4, -0.2) is 24.3 Å². The highest BCUT2D eigenvalue weighted by molar-refractivity contribution is 6.42. The summed E-state index contributed by atoms with van der Waals surface area (Å²) in [5.74, 6) is -1.20. The monoisotopic (exact) mass is 371 g/mol. The molecule has 0 unspecified atom stereocenters. The second-order valence-corrected chi connectivity index (χ2v) is 6.50. The highest BCUT2D eigenvalue weighted by atomic mass is 35.5. The molecular weight excluding hydrogens is 353 g/mol. The summed E-state index contributed by atoms with van der Waals surface area (Å²) in [5, 5.41) is 3.05. The van der Waals surface area contributed by atoms with E-state index in [-0.39, 0.29) is 23.4 Å². The van der Waals surface area contributed by atoms with Crippen molar-refractivity contribution in [2.24, 2.45) is 5.92 Å². The third-order valence-corrected chi connectivity index (χ3v) is 4.63. The molecule has 0 heterocycles. The summed E-state index contributed by atoms with van der Waals surface area (Å²) < 4.78 is 0. The lowest BCUT2D eigenvalue weighted by molar-refractivity contribution is -0.131. The minimum Gasteiger partial charge on any atom is -0.343 e. The van der Waals surface area contributed by atoms with E-state index < -0.39 is 11.8 Å². The van der Waals surface area contributed by atoms with Crippen LogP contribution in [0.2, 0.25) is 10.0 Å². The Kier molecular flexibility index (Phi) is 6.87. The molecule has 3 N–H and O–H groups in total. The topological polar surface area (TPSA) is 87.3 Å². The highest BCUT2D eigenvalue weighted by Crippen LogP contribution is 2.23. The van der Waals surface area contributed by atoms with Crippen LogP contribution in [0, 0.1) is 5.92 Å². The molecule has 0 bridgehead atoms. The van der Waals surface area contributed by atoms with Crippen molar-refractivity contribution in [2.75, 3.05) is 6.54 Å². The highest BCUT2D eigenvalue weighted by Gasteiger charge is 2.21. The molecule has 0 aliphatic heterocycles. The molecule has 1 aromatic carbocycles. The normalized spacial score (nSPS) is 14.8. The predicted molar refractivity (Wildman–Crippen MR) is 91.7 cm³/mol. The molecule has 1 aliphatic carbocycles. The largest absolute Gasteiger partial charge is 0.343 e. The van der Waals surface area contributed by atoms with E-state index in [4.69, 9.17) is 23.2 Å². The van der Waals surface area contributed by atoms with Crippen LogP contribution in [0.5, 0.6) is 0 Å². The van der Waals surface area contributed by atoms with Crippen molar-refractivity contribution < 1.29 is 14.4 Å². The third-order valence-electron chi connectivity index (χ3n) is 3.89. The maximum atomic E-state index is 11.9. The molecule has 8 heteroatoms. The first-order valence-electron chi connectivity index (χ1n) is 7.79. The minimum atomic E-state index is -0.507. The number of rotatable bonds is 4. The molecule has 1 aromatic rings. The first-order valence-corrected chi connectivity index (χ1v) is 8.55. The Hall–Kier alpha value is -1.79. The summed E-state index contributed by atoms with van der Waals surface area (Å²) in [6.07, 6.45) is 4.90. The van der Waals surface area contributed by atoms with E-state index in [1.54, 1.807) is 0 Å². The molecule has 130 valence electrons. The second-order valence-electron chi connectivity index (χ2n) is 5.68. The number of halogens is 2. The minimum absolute atomic E-state index is 0.0511. The average Bonchev–Trinajstić information content (AvgIpc) is 2.60. The first kappa shape index (κ1) is 18.5. The van der Waals surface area contributed by atoms with Crippen LogP contribution in [0.15, 0.2) is 18.2 Å². The molecule has 24 heavy (non-hydrogen) atoms. The molecule has 0 atom stereocenters. The van der Waals surface area contributed by atoms with Gasteiger partial charge in [-0.25, -0.2) is 0 Å². The van der Waals surface area contributed by atoms with E-state index in [0.29, 0.717) is 10.6 Å². The Bertz CT molecular complexity index is 631. The lowest BCUT2D eigenvalue weighted by Crippen LogP contribution is -2.48. The smallest absolute Gasteiger partial charge is 0.257 e. The van der Waals surface area contributed by atoms with Gasteiger partial charge >= 0.3 is 0 Å². The van der Waals surface area contributed by atoms with E-state index in [1.165, 1.54) is 18.2 Å². The van der Waals surface area contributed by atoms with Gasteiger partial charge < -0.3 is 5.32 Å². The maximum Gasteiger partial charge on any atom is 0.257 e. The van der Waals surface area contributed by atoms with E-state index in [1.807, 2.05) is 0 Å². The van der Waals surface area contributed by atoms with Gasteiger partial charge in [0.05, 0.1) is 16.6 Å². The molecule has 3 amide bonds. The number of carbonyl (C=O) groups excluding carboxylic acids is 3. The van der Waals surface area contributed by atoms with Crippen molar-refractivity contribution in [1.82, 2.24) is 16.2 Å². The molecule has 0 spiro atoms. The molecular formula is C16H19Cl2N3O3. The lowest BCUT2D eigenvalue weighted by atomic mass is 9.89. The van der Waals surface area contributed by atoms with Crippen molar-refractivity contribution in [2.45, 2.75) is 32.1 Å². The third kappa shape index (κ3) is 5.39. The van der Waals surface area contributed by atoms with Gasteiger partial charge in [0, 0.05) is 11.5 Å². The van der Waals surface area contributed by atoms with Crippen molar-refractivity contribution >= 4 is 40.9 Å². The van der Waals surface area contributed by atoms with Crippen molar-refractivity contribution in [3.63, 3.8) is 0 Å². The van der Waals surface area contributed by atoms with Gasteiger partial charge in [0.1, 0.15) is 0 Å². The molecule has 0 saturated heterocycles. The van der Waals surface area contributed by atoms with Crippen molar-refractivity contribution in [3.8, 4) is 0 Å². The van der Waals surface area contributed by atoms with Crippen LogP contribution < -0.4 is 16.2 Å². The Morgan fingerprint density at radius 1 is 1.00 bits per heavy atom. The molecule has 1 saturated carbocycles. The summed E-state index contributed by atoms with van der Waals surface area (Å²) >= 11 is 11.6. The van der Waals surface area contributed by atoms with Crippen LogP contribution >= 0.6 is 23.2 Å². The Morgan fingerprint density at radius 2 is 1.71 bits per heavy atom. The summed E-state index contributed by atoms with van der Waals surface area (Å²) in [6.45, 7) is -0.260. The molecule has 1 fully saturated rings. The summed E-state index contributed by atoms with van der Waals surface area (Å²) in [6, 6.07) is 4.43. The zero-order chi connectivity index (χ0) is 17.5. The zero-order valence-electron chi connectivity index (χ0n) is 13.0. The van der Waals surface area contributed by atoms with Crippen LogP contribution in [0.25, 0.3) is 0 Å². The van der Waals surface area contributed by atoms with Crippen LogP contribution in [-0.2, 0) is 9.59 Å². The Balaban J connectivity index is 1.73. The fourth-order valence-corrected chi connectivity index (χ4v) is 2.84.